The molecule has 0 saturated heterocycles. The Labute approximate surface area is 102 Å². The first-order chi connectivity index (χ1) is 7.80. The third-order valence-electron chi connectivity index (χ3n) is 2.77. The molecule has 1 rings (SSSR count). The van der Waals surface area contributed by atoms with Crippen LogP contribution in [0.15, 0.2) is 0 Å². The molecule has 1 amide bonds. The summed E-state index contributed by atoms with van der Waals surface area (Å²) in [5, 5.41) is 6.66. The molecule has 6 nitrogen and oxygen atoms in total. The number of ether oxygens (including phenoxy) is 1. The van der Waals surface area contributed by atoms with E-state index >= 15 is 0 Å². The topological polar surface area (TPSA) is 98.5 Å². The largest absolute Gasteiger partial charge is 0.368 e. The molecule has 0 bridgehead atoms. The normalized spacial score (nSPS) is 19.7. The minimum atomic E-state index is -3.60. The van der Waals surface area contributed by atoms with Gasteiger partial charge < -0.3 is 10.1 Å². The van der Waals surface area contributed by atoms with Crippen LogP contribution in [-0.2, 0) is 19.6 Å². The summed E-state index contributed by atoms with van der Waals surface area (Å²) in [5.41, 5.74) is 0. The lowest BCUT2D eigenvalue weighted by Crippen LogP contribution is -2.42. The van der Waals surface area contributed by atoms with Crippen LogP contribution in [0.1, 0.15) is 26.7 Å². The quantitative estimate of drug-likeness (QED) is 0.653. The third kappa shape index (κ3) is 5.47. The van der Waals surface area contributed by atoms with Gasteiger partial charge in [-0.2, -0.15) is 0 Å². The van der Waals surface area contributed by atoms with Gasteiger partial charge in [-0.15, -0.1) is 0 Å². The molecule has 2 atom stereocenters. The summed E-state index contributed by atoms with van der Waals surface area (Å²) < 4.78 is 27.2. The Kier molecular flexibility index (Phi) is 4.91. The van der Waals surface area contributed by atoms with E-state index in [9.17, 15) is 13.2 Å². The fourth-order valence-corrected chi connectivity index (χ4v) is 1.46. The van der Waals surface area contributed by atoms with Crippen molar-refractivity contribution in [3.8, 4) is 0 Å². The Hall–Kier alpha value is -0.660. The number of carbonyl (C=O) groups excluding carboxylic acids is 1. The van der Waals surface area contributed by atoms with E-state index in [0.29, 0.717) is 12.5 Å². The molecule has 1 aliphatic carbocycles. The highest BCUT2D eigenvalue weighted by Gasteiger charge is 2.24. The van der Waals surface area contributed by atoms with Gasteiger partial charge in [-0.05, 0) is 32.6 Å². The zero-order valence-electron chi connectivity index (χ0n) is 10.2. The summed E-state index contributed by atoms with van der Waals surface area (Å²) in [6.45, 7) is 3.71. The standard InChI is InChI=1S/C10H20N2O4S/c1-7(17(11,14)15)5-12-10(13)8(2)16-6-9-3-4-9/h7-9H,3-6H2,1-2H3,(H,12,13)(H2,11,14,15)/t7-,8+/m0/s1. The van der Waals surface area contributed by atoms with Gasteiger partial charge in [0.05, 0.1) is 11.9 Å². The fraction of sp³-hybridized carbons (Fsp3) is 0.900. The first kappa shape index (κ1) is 14.4. The van der Waals surface area contributed by atoms with Crippen molar-refractivity contribution in [2.24, 2.45) is 11.1 Å². The van der Waals surface area contributed by atoms with Gasteiger partial charge in [0.15, 0.2) is 0 Å². The first-order valence-corrected chi connectivity index (χ1v) is 7.32. The summed E-state index contributed by atoms with van der Waals surface area (Å²) in [6, 6.07) is 0. The van der Waals surface area contributed by atoms with Gasteiger partial charge in [0.2, 0.25) is 15.9 Å². The van der Waals surface area contributed by atoms with Gasteiger partial charge in [-0.25, -0.2) is 13.6 Å². The molecular weight excluding hydrogens is 244 g/mol. The molecule has 0 aromatic carbocycles. The van der Waals surface area contributed by atoms with E-state index < -0.39 is 21.4 Å². The van der Waals surface area contributed by atoms with Gasteiger partial charge >= 0.3 is 0 Å². The molecule has 0 radical (unpaired) electrons. The van der Waals surface area contributed by atoms with Crippen molar-refractivity contribution in [1.29, 1.82) is 0 Å². The Morgan fingerprint density at radius 1 is 1.47 bits per heavy atom. The number of nitrogens with one attached hydrogen (secondary N) is 1. The number of amides is 1. The van der Waals surface area contributed by atoms with E-state index in [2.05, 4.69) is 5.32 Å². The van der Waals surface area contributed by atoms with E-state index in [-0.39, 0.29) is 12.5 Å². The number of sulfonamides is 1. The zero-order valence-corrected chi connectivity index (χ0v) is 11.0. The average molecular weight is 264 g/mol. The van der Waals surface area contributed by atoms with E-state index in [0.717, 1.165) is 12.8 Å². The summed E-state index contributed by atoms with van der Waals surface area (Å²) in [6.07, 6.45) is 1.77. The van der Waals surface area contributed by atoms with E-state index in [1.807, 2.05) is 0 Å². The van der Waals surface area contributed by atoms with Crippen LogP contribution < -0.4 is 10.5 Å². The second-order valence-electron chi connectivity index (χ2n) is 4.56. The van der Waals surface area contributed by atoms with Gasteiger partial charge in [0.25, 0.3) is 0 Å². The van der Waals surface area contributed by atoms with Gasteiger partial charge in [0, 0.05) is 6.54 Å². The van der Waals surface area contributed by atoms with Crippen LogP contribution in [0.25, 0.3) is 0 Å². The SMILES string of the molecule is C[C@@H](OCC1CC1)C(=O)NC[C@H](C)S(N)(=O)=O. The molecule has 1 aliphatic rings. The summed E-state index contributed by atoms with van der Waals surface area (Å²) in [4.78, 5) is 11.5. The summed E-state index contributed by atoms with van der Waals surface area (Å²) >= 11 is 0. The maximum Gasteiger partial charge on any atom is 0.248 e. The van der Waals surface area contributed by atoms with Crippen LogP contribution in [0.5, 0.6) is 0 Å². The minimum absolute atomic E-state index is 0.00873. The van der Waals surface area contributed by atoms with Crippen LogP contribution in [0.3, 0.4) is 0 Å². The van der Waals surface area contributed by atoms with Crippen molar-refractivity contribution in [3.63, 3.8) is 0 Å². The van der Waals surface area contributed by atoms with Crippen LogP contribution >= 0.6 is 0 Å². The minimum Gasteiger partial charge on any atom is -0.368 e. The number of hydrogen-bond donors (Lipinski definition) is 2. The van der Waals surface area contributed by atoms with Gasteiger partial charge in [-0.1, -0.05) is 0 Å². The molecule has 1 fully saturated rings. The molecule has 1 saturated carbocycles. The first-order valence-electron chi connectivity index (χ1n) is 5.71. The molecule has 7 heteroatoms. The molecule has 0 aromatic rings. The van der Waals surface area contributed by atoms with Crippen LogP contribution in [0.2, 0.25) is 0 Å². The van der Waals surface area contributed by atoms with Crippen LogP contribution in [0.4, 0.5) is 0 Å². The monoisotopic (exact) mass is 264 g/mol. The van der Waals surface area contributed by atoms with Crippen molar-refractivity contribution in [1.82, 2.24) is 5.32 Å². The van der Waals surface area contributed by atoms with Crippen LogP contribution in [0, 0.1) is 5.92 Å². The molecule has 0 aliphatic heterocycles. The zero-order chi connectivity index (χ0) is 13.1. The lowest BCUT2D eigenvalue weighted by atomic mass is 10.3. The maximum absolute atomic E-state index is 11.5. The van der Waals surface area contributed by atoms with Crippen molar-refractivity contribution in [2.45, 2.75) is 38.0 Å². The number of primary sulfonamides is 1. The second kappa shape index (κ2) is 5.79. The van der Waals surface area contributed by atoms with E-state index in [1.165, 1.54) is 6.92 Å². The Balaban J connectivity index is 2.23. The number of carbonyl (C=O) groups is 1. The Bertz CT molecular complexity index is 365. The van der Waals surface area contributed by atoms with Crippen molar-refractivity contribution in [3.05, 3.63) is 0 Å². The Morgan fingerprint density at radius 2 is 2.06 bits per heavy atom. The predicted molar refractivity (Wildman–Crippen MR) is 63.7 cm³/mol. The highest BCUT2D eigenvalue weighted by molar-refractivity contribution is 7.89. The predicted octanol–water partition coefficient (Wildman–Crippen LogP) is -0.405. The van der Waals surface area contributed by atoms with Crippen molar-refractivity contribution >= 4 is 15.9 Å². The van der Waals surface area contributed by atoms with Gasteiger partial charge in [-0.3, -0.25) is 4.79 Å². The fourth-order valence-electron chi connectivity index (χ4n) is 1.14. The van der Waals surface area contributed by atoms with E-state index in [1.54, 1.807) is 6.92 Å². The van der Waals surface area contributed by atoms with Crippen molar-refractivity contribution < 1.29 is 17.9 Å². The molecule has 3 N–H and O–H groups in total. The molecule has 100 valence electrons. The summed E-state index contributed by atoms with van der Waals surface area (Å²) in [5.74, 6) is 0.287. The van der Waals surface area contributed by atoms with Crippen molar-refractivity contribution in [2.75, 3.05) is 13.2 Å². The number of rotatable bonds is 7. The highest BCUT2D eigenvalue weighted by Crippen LogP contribution is 2.29. The lowest BCUT2D eigenvalue weighted by molar-refractivity contribution is -0.131. The maximum atomic E-state index is 11.5. The number of nitrogens with two attached hydrogens (primary N) is 1. The molecule has 0 aromatic heterocycles. The number of hydrogen-bond acceptors (Lipinski definition) is 4. The van der Waals surface area contributed by atoms with E-state index in [4.69, 9.17) is 9.88 Å². The molecule has 17 heavy (non-hydrogen) atoms. The average Bonchev–Trinajstić information content (AvgIpc) is 3.04. The molecular formula is C10H20N2O4S. The molecule has 0 spiro atoms. The summed E-state index contributed by atoms with van der Waals surface area (Å²) in [7, 11) is -3.60. The Morgan fingerprint density at radius 3 is 2.53 bits per heavy atom. The lowest BCUT2D eigenvalue weighted by Gasteiger charge is -2.15. The third-order valence-corrected chi connectivity index (χ3v) is 4.06. The smallest absolute Gasteiger partial charge is 0.248 e. The van der Waals surface area contributed by atoms with Gasteiger partial charge in [0.1, 0.15) is 6.10 Å². The second-order valence-corrected chi connectivity index (χ2v) is 6.55. The highest BCUT2D eigenvalue weighted by atomic mass is 32.2. The van der Waals surface area contributed by atoms with Crippen LogP contribution in [-0.4, -0.2) is 38.8 Å². The molecule has 0 heterocycles. The molecule has 0 unspecified atom stereocenters.